The van der Waals surface area contributed by atoms with Gasteiger partial charge in [0.15, 0.2) is 0 Å². The number of imide groups is 1. The Morgan fingerprint density at radius 1 is 1.03 bits per heavy atom. The van der Waals surface area contributed by atoms with E-state index in [1.165, 1.54) is 0 Å². The smallest absolute Gasteiger partial charge is 0.325 e. The molecule has 2 heterocycles. The zero-order valence-electron chi connectivity index (χ0n) is 17.3. The molecule has 1 fully saturated rings. The highest BCUT2D eigenvalue weighted by atomic mass is 16.2. The van der Waals surface area contributed by atoms with Gasteiger partial charge < -0.3 is 10.6 Å². The Kier molecular flexibility index (Phi) is 4.93. The summed E-state index contributed by atoms with van der Waals surface area (Å²) < 4.78 is 0. The second kappa shape index (κ2) is 7.92. The fourth-order valence-electron chi connectivity index (χ4n) is 4.60. The zero-order valence-corrected chi connectivity index (χ0v) is 17.3. The maximum absolute atomic E-state index is 13.3. The number of carbonyl (C=O) groups is 3. The van der Waals surface area contributed by atoms with E-state index in [1.807, 2.05) is 66.7 Å². The molecule has 160 valence electrons. The number of nitrogens with zero attached hydrogens (tertiary/aromatic N) is 2. The molecule has 0 saturated carbocycles. The lowest BCUT2D eigenvalue weighted by Crippen LogP contribution is -2.44. The number of aryl methyl sites for hydroxylation is 1. The van der Waals surface area contributed by atoms with E-state index in [2.05, 4.69) is 15.6 Å². The zero-order chi connectivity index (χ0) is 22.1. The molecule has 2 aliphatic rings. The quantitative estimate of drug-likeness (QED) is 0.614. The summed E-state index contributed by atoms with van der Waals surface area (Å²) in [4.78, 5) is 44.4. The minimum absolute atomic E-state index is 0.356. The topological polar surface area (TPSA) is 91.4 Å². The van der Waals surface area contributed by atoms with Crippen LogP contribution in [-0.2, 0) is 21.5 Å². The molecule has 5 rings (SSSR count). The first kappa shape index (κ1) is 19.9. The highest BCUT2D eigenvalue weighted by Crippen LogP contribution is 2.41. The second-order valence-corrected chi connectivity index (χ2v) is 8.05. The van der Waals surface area contributed by atoms with Gasteiger partial charge in [0.1, 0.15) is 12.1 Å². The van der Waals surface area contributed by atoms with E-state index in [-0.39, 0.29) is 12.5 Å². The summed E-state index contributed by atoms with van der Waals surface area (Å²) in [5.74, 6) is -0.812. The van der Waals surface area contributed by atoms with E-state index in [9.17, 15) is 14.4 Å². The number of fused-ring (bicyclic) bond motifs is 2. The van der Waals surface area contributed by atoms with Gasteiger partial charge >= 0.3 is 6.03 Å². The molecule has 0 bridgehead atoms. The molecule has 3 aromatic rings. The highest BCUT2D eigenvalue weighted by Gasteiger charge is 2.55. The molecular formula is C25H22N4O3. The van der Waals surface area contributed by atoms with Gasteiger partial charge in [-0.15, -0.1) is 0 Å². The summed E-state index contributed by atoms with van der Waals surface area (Å²) >= 11 is 0. The summed E-state index contributed by atoms with van der Waals surface area (Å²) in [6.07, 6.45) is 2.86. The number of benzene rings is 2. The molecule has 1 aromatic heterocycles. The highest BCUT2D eigenvalue weighted by molar-refractivity contribution is 6.10. The standard InChI is InChI=1S/C25H22N4O3/c30-21(27-22(18-9-2-1-3-10-18)20-12-6-7-15-26-20)16-29-23(31)25(28-24(29)32)14-13-17-8-4-5-11-19(17)25/h1-12,15,22H,13-14,16H2,(H,27,30)(H,28,32). The van der Waals surface area contributed by atoms with Crippen molar-refractivity contribution in [2.45, 2.75) is 24.4 Å². The van der Waals surface area contributed by atoms with Gasteiger partial charge in [0.2, 0.25) is 5.91 Å². The number of nitrogens with one attached hydrogen (secondary N) is 2. The van der Waals surface area contributed by atoms with Gasteiger partial charge in [-0.3, -0.25) is 19.5 Å². The summed E-state index contributed by atoms with van der Waals surface area (Å²) in [5, 5.41) is 5.79. The lowest BCUT2D eigenvalue weighted by molar-refractivity contribution is -0.135. The number of rotatable bonds is 5. The summed E-state index contributed by atoms with van der Waals surface area (Å²) in [6, 6.07) is 21.5. The van der Waals surface area contributed by atoms with Crippen LogP contribution in [0.2, 0.25) is 0 Å². The van der Waals surface area contributed by atoms with Gasteiger partial charge in [0.05, 0.1) is 11.7 Å². The van der Waals surface area contributed by atoms with Gasteiger partial charge in [-0.1, -0.05) is 60.7 Å². The number of urea groups is 1. The second-order valence-electron chi connectivity index (χ2n) is 8.05. The molecule has 32 heavy (non-hydrogen) atoms. The van der Waals surface area contributed by atoms with Crippen molar-refractivity contribution in [3.8, 4) is 0 Å². The average Bonchev–Trinajstić information content (AvgIpc) is 3.31. The van der Waals surface area contributed by atoms with Crippen LogP contribution in [0, 0.1) is 0 Å². The molecule has 2 unspecified atom stereocenters. The van der Waals surface area contributed by atoms with Crippen LogP contribution < -0.4 is 10.6 Å². The Hall–Kier alpha value is -4.00. The van der Waals surface area contributed by atoms with Crippen LogP contribution >= 0.6 is 0 Å². The number of hydrogen-bond donors (Lipinski definition) is 2. The van der Waals surface area contributed by atoms with Crippen LogP contribution in [0.5, 0.6) is 0 Å². The fraction of sp³-hybridized carbons (Fsp3) is 0.200. The van der Waals surface area contributed by atoms with Crippen molar-refractivity contribution in [3.63, 3.8) is 0 Å². The van der Waals surface area contributed by atoms with E-state index in [0.717, 1.165) is 21.6 Å². The maximum atomic E-state index is 13.3. The Balaban J connectivity index is 1.37. The molecule has 1 spiro atoms. The van der Waals surface area contributed by atoms with Gasteiger partial charge in [-0.25, -0.2) is 4.79 Å². The van der Waals surface area contributed by atoms with Crippen molar-refractivity contribution in [1.29, 1.82) is 0 Å². The van der Waals surface area contributed by atoms with Gasteiger partial charge in [-0.2, -0.15) is 0 Å². The van der Waals surface area contributed by atoms with Crippen molar-refractivity contribution in [3.05, 3.63) is 101 Å². The Morgan fingerprint density at radius 2 is 1.78 bits per heavy atom. The SMILES string of the molecule is O=C(CN1C(=O)NC2(CCc3ccccc32)C1=O)NC(c1ccccc1)c1ccccn1. The predicted octanol–water partition coefficient (Wildman–Crippen LogP) is 2.68. The van der Waals surface area contributed by atoms with Crippen LogP contribution in [0.4, 0.5) is 4.79 Å². The van der Waals surface area contributed by atoms with Crippen molar-refractivity contribution in [2.75, 3.05) is 6.54 Å². The number of hydrogen-bond acceptors (Lipinski definition) is 4. The molecule has 1 saturated heterocycles. The van der Waals surface area contributed by atoms with Crippen LogP contribution in [0.25, 0.3) is 0 Å². The lowest BCUT2D eigenvalue weighted by Gasteiger charge is -2.23. The summed E-state index contributed by atoms with van der Waals surface area (Å²) in [6.45, 7) is -0.356. The Morgan fingerprint density at radius 3 is 2.56 bits per heavy atom. The molecular weight excluding hydrogens is 404 g/mol. The lowest BCUT2D eigenvalue weighted by atomic mass is 9.92. The minimum Gasteiger partial charge on any atom is -0.342 e. The van der Waals surface area contributed by atoms with E-state index in [4.69, 9.17) is 0 Å². The summed E-state index contributed by atoms with van der Waals surface area (Å²) in [7, 11) is 0. The third-order valence-electron chi connectivity index (χ3n) is 6.15. The monoisotopic (exact) mass is 426 g/mol. The van der Waals surface area contributed by atoms with Crippen LogP contribution in [0.3, 0.4) is 0 Å². The fourth-order valence-corrected chi connectivity index (χ4v) is 4.60. The first-order valence-corrected chi connectivity index (χ1v) is 10.6. The third-order valence-corrected chi connectivity index (χ3v) is 6.15. The summed E-state index contributed by atoms with van der Waals surface area (Å²) in [5.41, 5.74) is 2.32. The molecule has 2 atom stereocenters. The van der Waals surface area contributed by atoms with Crippen molar-refractivity contribution in [1.82, 2.24) is 20.5 Å². The van der Waals surface area contributed by atoms with Gasteiger partial charge in [-0.05, 0) is 41.7 Å². The van der Waals surface area contributed by atoms with Crippen molar-refractivity contribution >= 4 is 17.8 Å². The average molecular weight is 426 g/mol. The van der Waals surface area contributed by atoms with Crippen molar-refractivity contribution < 1.29 is 14.4 Å². The van der Waals surface area contributed by atoms with Gasteiger partial charge in [0.25, 0.3) is 5.91 Å². The third kappa shape index (κ3) is 3.32. The molecule has 2 N–H and O–H groups in total. The predicted molar refractivity (Wildman–Crippen MR) is 117 cm³/mol. The van der Waals surface area contributed by atoms with Crippen LogP contribution in [0.1, 0.15) is 34.8 Å². The van der Waals surface area contributed by atoms with Crippen molar-refractivity contribution in [2.24, 2.45) is 0 Å². The molecule has 2 aromatic carbocycles. The Bertz CT molecular complexity index is 1140. The van der Waals surface area contributed by atoms with Crippen LogP contribution in [0.15, 0.2) is 79.0 Å². The maximum Gasteiger partial charge on any atom is 0.325 e. The number of pyridine rings is 1. The molecule has 4 amide bonds. The van der Waals surface area contributed by atoms with Gasteiger partial charge in [0, 0.05) is 6.20 Å². The first-order chi connectivity index (χ1) is 15.6. The number of aromatic nitrogens is 1. The van der Waals surface area contributed by atoms with E-state index in [1.54, 1.807) is 12.3 Å². The first-order valence-electron chi connectivity index (χ1n) is 10.6. The largest absolute Gasteiger partial charge is 0.342 e. The molecule has 0 radical (unpaired) electrons. The van der Waals surface area contributed by atoms with E-state index in [0.29, 0.717) is 18.5 Å². The molecule has 7 heteroatoms. The van der Waals surface area contributed by atoms with E-state index >= 15 is 0 Å². The molecule has 7 nitrogen and oxygen atoms in total. The number of amides is 4. The number of carbonyl (C=O) groups excluding carboxylic acids is 3. The molecule has 1 aliphatic heterocycles. The molecule has 1 aliphatic carbocycles. The van der Waals surface area contributed by atoms with Crippen LogP contribution in [-0.4, -0.2) is 34.3 Å². The van der Waals surface area contributed by atoms with E-state index < -0.39 is 23.5 Å². The minimum atomic E-state index is -1.08. The normalized spacial score (nSPS) is 20.2. The Labute approximate surface area is 185 Å².